The predicted molar refractivity (Wildman–Crippen MR) is 122 cm³/mol. The van der Waals surface area contributed by atoms with Gasteiger partial charge in [-0.25, -0.2) is 0 Å². The first-order valence-corrected chi connectivity index (χ1v) is 12.3. The summed E-state index contributed by atoms with van der Waals surface area (Å²) < 4.78 is 16.3. The Balaban J connectivity index is 1.50. The molecule has 0 aromatic carbocycles. The van der Waals surface area contributed by atoms with Crippen LogP contribution in [0.1, 0.15) is 33.1 Å². The minimum atomic E-state index is -0.617. The zero-order chi connectivity index (χ0) is 23.8. The van der Waals surface area contributed by atoms with Crippen LogP contribution in [-0.2, 0) is 28.6 Å². The maximum Gasteiger partial charge on any atom is 0.323 e. The average Bonchev–Trinajstić information content (AvgIpc) is 3.21. The van der Waals surface area contributed by atoms with Gasteiger partial charge >= 0.3 is 11.9 Å². The fraction of sp³-hybridized carbons (Fsp3) is 0.870. The minimum absolute atomic E-state index is 0.00492. The lowest BCUT2D eigenvalue weighted by molar-refractivity contribution is -0.157. The molecule has 3 aliphatic rings. The van der Waals surface area contributed by atoms with Gasteiger partial charge in [-0.15, -0.1) is 0 Å². The molecule has 3 fully saturated rings. The van der Waals surface area contributed by atoms with Crippen molar-refractivity contribution in [2.24, 2.45) is 0 Å². The number of esters is 2. The fourth-order valence-corrected chi connectivity index (χ4v) is 5.08. The highest BCUT2D eigenvalue weighted by Crippen LogP contribution is 2.25. The number of hydrogen-bond donors (Lipinski definition) is 0. The summed E-state index contributed by atoms with van der Waals surface area (Å²) in [7, 11) is 2.13. The molecule has 3 heterocycles. The van der Waals surface area contributed by atoms with Crippen molar-refractivity contribution in [1.82, 2.24) is 19.6 Å². The zero-order valence-corrected chi connectivity index (χ0v) is 20.3. The van der Waals surface area contributed by atoms with Crippen LogP contribution in [0, 0.1) is 0 Å². The van der Waals surface area contributed by atoms with E-state index in [1.165, 1.54) is 0 Å². The van der Waals surface area contributed by atoms with Crippen molar-refractivity contribution in [2.75, 3.05) is 72.6 Å². The quantitative estimate of drug-likeness (QED) is 0.317. The second kappa shape index (κ2) is 12.8. The summed E-state index contributed by atoms with van der Waals surface area (Å²) >= 11 is 0. The van der Waals surface area contributed by atoms with E-state index >= 15 is 0 Å². The van der Waals surface area contributed by atoms with E-state index in [0.717, 1.165) is 58.4 Å². The van der Waals surface area contributed by atoms with Crippen molar-refractivity contribution in [3.05, 3.63) is 0 Å². The van der Waals surface area contributed by atoms with Gasteiger partial charge in [0.15, 0.2) is 12.5 Å². The molecule has 0 aromatic heterocycles. The van der Waals surface area contributed by atoms with Crippen molar-refractivity contribution in [3.63, 3.8) is 0 Å². The second-order valence-electron chi connectivity index (χ2n) is 9.13. The zero-order valence-electron chi connectivity index (χ0n) is 20.3. The lowest BCUT2D eigenvalue weighted by atomic mass is 10.0. The number of carbonyl (C=O) groups is 3. The maximum absolute atomic E-state index is 12.5. The molecular weight excluding hydrogens is 428 g/mol. The number of aldehydes is 1. The number of ether oxygens (including phenoxy) is 3. The van der Waals surface area contributed by atoms with E-state index in [1.807, 2.05) is 4.90 Å². The summed E-state index contributed by atoms with van der Waals surface area (Å²) in [5, 5.41) is 0. The Bertz CT molecular complexity index is 649. The molecular formula is C23H40N4O6. The second-order valence-corrected chi connectivity index (χ2v) is 9.13. The van der Waals surface area contributed by atoms with Gasteiger partial charge in [0.05, 0.1) is 25.7 Å². The van der Waals surface area contributed by atoms with E-state index in [4.69, 9.17) is 14.2 Å². The Kier molecular flexibility index (Phi) is 10.1. The standard InChI is InChI=1S/C23H40N4O6/c1-4-31-22(29)14-20(23(30)32-5-2)26-12-10-25(11-13-26)15-19-16-27(21(17-28)33-19)18-6-8-24(3)9-7-18/h17-21H,4-16H2,1-3H3. The van der Waals surface area contributed by atoms with E-state index < -0.39 is 12.3 Å². The first-order valence-electron chi connectivity index (χ1n) is 12.3. The van der Waals surface area contributed by atoms with Crippen LogP contribution in [0.4, 0.5) is 0 Å². The number of piperazine rings is 1. The van der Waals surface area contributed by atoms with Crippen molar-refractivity contribution >= 4 is 18.2 Å². The number of piperidine rings is 1. The highest BCUT2D eigenvalue weighted by molar-refractivity contribution is 5.82. The third-order valence-electron chi connectivity index (χ3n) is 6.88. The molecule has 0 radical (unpaired) electrons. The minimum Gasteiger partial charge on any atom is -0.466 e. The lowest BCUT2D eigenvalue weighted by Crippen LogP contribution is -2.55. The molecule has 10 nitrogen and oxygen atoms in total. The molecule has 3 atom stereocenters. The van der Waals surface area contributed by atoms with Gasteiger partial charge in [-0.1, -0.05) is 0 Å². The monoisotopic (exact) mass is 468 g/mol. The SMILES string of the molecule is CCOC(=O)CC(C(=O)OCC)N1CCN(CC2CN(C3CCN(C)CC3)C(C=O)O2)CC1. The van der Waals surface area contributed by atoms with E-state index in [0.29, 0.717) is 25.7 Å². The molecule has 0 saturated carbocycles. The third-order valence-corrected chi connectivity index (χ3v) is 6.88. The largest absolute Gasteiger partial charge is 0.466 e. The van der Waals surface area contributed by atoms with Gasteiger partial charge in [0.2, 0.25) is 0 Å². The van der Waals surface area contributed by atoms with Crippen LogP contribution in [0.3, 0.4) is 0 Å². The average molecular weight is 469 g/mol. The maximum atomic E-state index is 12.5. The number of carbonyl (C=O) groups excluding carboxylic acids is 3. The van der Waals surface area contributed by atoms with Crippen molar-refractivity contribution in [1.29, 1.82) is 0 Å². The van der Waals surface area contributed by atoms with Gasteiger partial charge < -0.3 is 19.1 Å². The first kappa shape index (κ1) is 26.0. The predicted octanol–water partition coefficient (Wildman–Crippen LogP) is -0.191. The van der Waals surface area contributed by atoms with E-state index in [2.05, 4.69) is 21.7 Å². The molecule has 0 aliphatic carbocycles. The Labute approximate surface area is 197 Å². The molecule has 3 saturated heterocycles. The van der Waals surface area contributed by atoms with Gasteiger partial charge in [-0.05, 0) is 46.8 Å². The highest BCUT2D eigenvalue weighted by atomic mass is 16.5. The van der Waals surface area contributed by atoms with Crippen molar-refractivity contribution in [2.45, 2.75) is 57.5 Å². The Morgan fingerprint density at radius 3 is 2.30 bits per heavy atom. The summed E-state index contributed by atoms with van der Waals surface area (Å²) in [4.78, 5) is 45.0. The van der Waals surface area contributed by atoms with Crippen LogP contribution in [-0.4, -0.2) is 135 Å². The summed E-state index contributed by atoms with van der Waals surface area (Å²) in [6, 6.07) is -0.222. The Morgan fingerprint density at radius 2 is 1.70 bits per heavy atom. The summed E-state index contributed by atoms with van der Waals surface area (Å²) in [5.41, 5.74) is 0. The molecule has 3 unspecified atom stereocenters. The molecule has 0 spiro atoms. The number of nitrogens with zero attached hydrogens (tertiary/aromatic N) is 4. The molecule has 3 aliphatic heterocycles. The van der Waals surface area contributed by atoms with Gasteiger partial charge in [-0.3, -0.25) is 29.1 Å². The van der Waals surface area contributed by atoms with Crippen LogP contribution in [0.2, 0.25) is 0 Å². The van der Waals surface area contributed by atoms with E-state index in [9.17, 15) is 14.4 Å². The topological polar surface area (TPSA) is 91.9 Å². The van der Waals surface area contributed by atoms with Crippen molar-refractivity contribution < 1.29 is 28.6 Å². The van der Waals surface area contributed by atoms with Crippen LogP contribution in [0.25, 0.3) is 0 Å². The highest BCUT2D eigenvalue weighted by Gasteiger charge is 2.39. The molecule has 10 heteroatoms. The normalized spacial score (nSPS) is 27.4. The lowest BCUT2D eigenvalue weighted by Gasteiger charge is -2.38. The van der Waals surface area contributed by atoms with Crippen LogP contribution in [0.15, 0.2) is 0 Å². The number of likely N-dealkylation sites (tertiary alicyclic amines) is 1. The molecule has 0 amide bonds. The molecule has 33 heavy (non-hydrogen) atoms. The van der Waals surface area contributed by atoms with Crippen molar-refractivity contribution in [3.8, 4) is 0 Å². The molecule has 0 bridgehead atoms. The Hall–Kier alpha value is -1.59. The van der Waals surface area contributed by atoms with E-state index in [1.54, 1.807) is 13.8 Å². The Morgan fingerprint density at radius 1 is 1.03 bits per heavy atom. The summed E-state index contributed by atoms with van der Waals surface area (Å²) in [5.74, 6) is -0.757. The van der Waals surface area contributed by atoms with Crippen LogP contribution in [0.5, 0.6) is 0 Å². The smallest absolute Gasteiger partial charge is 0.323 e. The van der Waals surface area contributed by atoms with Gasteiger partial charge in [0.25, 0.3) is 0 Å². The summed E-state index contributed by atoms with van der Waals surface area (Å²) in [6.45, 7) is 10.6. The van der Waals surface area contributed by atoms with E-state index in [-0.39, 0.29) is 31.1 Å². The number of rotatable bonds is 10. The summed E-state index contributed by atoms with van der Waals surface area (Å²) in [6.07, 6.45) is 2.59. The van der Waals surface area contributed by atoms with Gasteiger partial charge in [0.1, 0.15) is 6.04 Å². The molecule has 188 valence electrons. The van der Waals surface area contributed by atoms with Crippen LogP contribution >= 0.6 is 0 Å². The first-order chi connectivity index (χ1) is 15.9. The molecule has 3 rings (SSSR count). The molecule has 0 aromatic rings. The van der Waals surface area contributed by atoms with Gasteiger partial charge in [-0.2, -0.15) is 0 Å². The number of hydrogen-bond acceptors (Lipinski definition) is 10. The van der Waals surface area contributed by atoms with Gasteiger partial charge in [0, 0.05) is 45.3 Å². The van der Waals surface area contributed by atoms with Crippen LogP contribution < -0.4 is 0 Å². The molecule has 0 N–H and O–H groups in total. The third kappa shape index (κ3) is 7.19. The fourth-order valence-electron chi connectivity index (χ4n) is 5.08.